The van der Waals surface area contributed by atoms with Crippen molar-refractivity contribution in [1.29, 1.82) is 0 Å². The molecule has 7 heteroatoms. The molecule has 0 radical (unpaired) electrons. The summed E-state index contributed by atoms with van der Waals surface area (Å²) < 4.78 is 12.6. The van der Waals surface area contributed by atoms with Gasteiger partial charge >= 0.3 is 5.97 Å². The molecule has 1 N–H and O–H groups in total. The lowest BCUT2D eigenvalue weighted by Gasteiger charge is -2.08. The molecule has 2 aromatic rings. The quantitative estimate of drug-likeness (QED) is 0.752. The van der Waals surface area contributed by atoms with E-state index in [1.54, 1.807) is 11.6 Å². The van der Waals surface area contributed by atoms with Crippen molar-refractivity contribution < 1.29 is 19.4 Å². The molecule has 118 valence electrons. The fourth-order valence-electron chi connectivity index (χ4n) is 1.97. The maximum atomic E-state index is 10.9. The second-order valence-corrected chi connectivity index (χ2v) is 4.66. The monoisotopic (exact) mass is 305 g/mol. The van der Waals surface area contributed by atoms with E-state index in [0.717, 1.165) is 11.5 Å². The largest absolute Gasteiger partial charge is 0.494 e. The number of carbonyl (C=O) groups is 1. The van der Waals surface area contributed by atoms with E-state index in [1.165, 1.54) is 0 Å². The predicted molar refractivity (Wildman–Crippen MR) is 79.4 cm³/mol. The lowest BCUT2D eigenvalue weighted by atomic mass is 10.3. The highest BCUT2D eigenvalue weighted by Crippen LogP contribution is 2.17. The highest BCUT2D eigenvalue weighted by Gasteiger charge is 2.14. The Morgan fingerprint density at radius 1 is 1.23 bits per heavy atom. The molecule has 7 nitrogen and oxygen atoms in total. The first-order valence-corrected chi connectivity index (χ1v) is 7.11. The van der Waals surface area contributed by atoms with Crippen molar-refractivity contribution >= 4 is 5.97 Å². The van der Waals surface area contributed by atoms with Gasteiger partial charge in [-0.05, 0) is 38.1 Å². The number of aromatic nitrogens is 3. The Bertz CT molecular complexity index is 622. The number of aromatic carboxylic acids is 1. The van der Waals surface area contributed by atoms with Crippen LogP contribution in [0.15, 0.2) is 24.3 Å². The van der Waals surface area contributed by atoms with E-state index < -0.39 is 5.97 Å². The van der Waals surface area contributed by atoms with Crippen LogP contribution >= 0.6 is 0 Å². The van der Waals surface area contributed by atoms with Gasteiger partial charge in [-0.3, -0.25) is 0 Å². The van der Waals surface area contributed by atoms with Crippen LogP contribution in [-0.2, 0) is 6.54 Å². The summed E-state index contributed by atoms with van der Waals surface area (Å²) in [5.41, 5.74) is 0.543. The molecule has 1 aromatic heterocycles. The number of rotatable bonds is 8. The third kappa shape index (κ3) is 3.97. The number of nitrogens with zero attached hydrogens (tertiary/aromatic N) is 3. The van der Waals surface area contributed by atoms with Gasteiger partial charge in [0, 0.05) is 13.0 Å². The Morgan fingerprint density at radius 2 is 1.86 bits per heavy atom. The Balaban J connectivity index is 1.78. The zero-order valence-corrected chi connectivity index (χ0v) is 12.7. The highest BCUT2D eigenvalue weighted by atomic mass is 16.5. The lowest BCUT2D eigenvalue weighted by molar-refractivity contribution is 0.0689. The second-order valence-electron chi connectivity index (χ2n) is 4.66. The number of carboxylic acids is 1. The van der Waals surface area contributed by atoms with Crippen molar-refractivity contribution in [1.82, 2.24) is 15.0 Å². The molecule has 1 aromatic carbocycles. The van der Waals surface area contributed by atoms with Crippen LogP contribution in [0.1, 0.15) is 29.5 Å². The molecular weight excluding hydrogens is 286 g/mol. The van der Waals surface area contributed by atoms with E-state index in [9.17, 15) is 4.79 Å². The molecule has 0 amide bonds. The summed E-state index contributed by atoms with van der Waals surface area (Å²) in [6.45, 7) is 5.33. The molecule has 0 aliphatic rings. The smallest absolute Gasteiger partial charge is 0.358 e. The van der Waals surface area contributed by atoms with Crippen molar-refractivity contribution in [2.75, 3.05) is 13.2 Å². The van der Waals surface area contributed by atoms with Crippen LogP contribution in [-0.4, -0.2) is 39.3 Å². The van der Waals surface area contributed by atoms with Crippen LogP contribution in [0.5, 0.6) is 11.5 Å². The van der Waals surface area contributed by atoms with E-state index in [1.807, 2.05) is 31.2 Å². The molecule has 1 heterocycles. The summed E-state index contributed by atoms with van der Waals surface area (Å²) in [5, 5.41) is 16.4. The summed E-state index contributed by atoms with van der Waals surface area (Å²) in [6, 6.07) is 7.43. The van der Waals surface area contributed by atoms with Crippen molar-refractivity contribution in [2.24, 2.45) is 0 Å². The molecular formula is C15H19N3O4. The zero-order valence-electron chi connectivity index (χ0n) is 12.7. The first kappa shape index (κ1) is 15.8. The lowest BCUT2D eigenvalue weighted by Crippen LogP contribution is -2.08. The zero-order chi connectivity index (χ0) is 15.9. The number of ether oxygens (including phenoxy) is 2. The molecule has 0 aliphatic carbocycles. The van der Waals surface area contributed by atoms with Crippen LogP contribution in [0.3, 0.4) is 0 Å². The summed E-state index contributed by atoms with van der Waals surface area (Å²) in [4.78, 5) is 10.9. The Labute approximate surface area is 128 Å². The molecule has 0 saturated carbocycles. The van der Waals surface area contributed by atoms with Gasteiger partial charge in [-0.2, -0.15) is 0 Å². The van der Waals surface area contributed by atoms with E-state index >= 15 is 0 Å². The summed E-state index contributed by atoms with van der Waals surface area (Å²) in [7, 11) is 0. The Morgan fingerprint density at radius 3 is 2.41 bits per heavy atom. The van der Waals surface area contributed by atoms with E-state index in [-0.39, 0.29) is 5.69 Å². The average molecular weight is 305 g/mol. The highest BCUT2D eigenvalue weighted by molar-refractivity contribution is 5.86. The minimum absolute atomic E-state index is 0.00701. The molecule has 2 rings (SSSR count). The van der Waals surface area contributed by atoms with Crippen molar-refractivity contribution in [3.8, 4) is 11.5 Å². The molecule has 0 bridgehead atoms. The fourth-order valence-corrected chi connectivity index (χ4v) is 1.97. The van der Waals surface area contributed by atoms with Gasteiger partial charge in [0.15, 0.2) is 5.69 Å². The number of hydrogen-bond donors (Lipinski definition) is 1. The van der Waals surface area contributed by atoms with Gasteiger partial charge in [-0.25, -0.2) is 9.48 Å². The van der Waals surface area contributed by atoms with Gasteiger partial charge in [0.05, 0.1) is 18.9 Å². The first-order chi connectivity index (χ1) is 10.6. The van der Waals surface area contributed by atoms with Crippen LogP contribution in [0.4, 0.5) is 0 Å². The molecule has 0 atom stereocenters. The number of aryl methyl sites for hydroxylation is 1. The van der Waals surface area contributed by atoms with Gasteiger partial charge in [0.25, 0.3) is 0 Å². The maximum Gasteiger partial charge on any atom is 0.358 e. The molecule has 0 aliphatic heterocycles. The second kappa shape index (κ2) is 7.44. The number of hydrogen-bond acceptors (Lipinski definition) is 5. The number of carboxylic acid groups (broad SMARTS) is 1. The number of benzene rings is 1. The van der Waals surface area contributed by atoms with Gasteiger partial charge in [-0.15, -0.1) is 5.10 Å². The van der Waals surface area contributed by atoms with Gasteiger partial charge in [0.2, 0.25) is 0 Å². The summed E-state index contributed by atoms with van der Waals surface area (Å²) in [6.07, 6.45) is 0.705. The molecule has 0 fully saturated rings. The maximum absolute atomic E-state index is 10.9. The van der Waals surface area contributed by atoms with Crippen molar-refractivity contribution in [3.63, 3.8) is 0 Å². The third-order valence-electron chi connectivity index (χ3n) is 3.10. The predicted octanol–water partition coefficient (Wildman–Crippen LogP) is 2.15. The Kier molecular flexibility index (Phi) is 5.35. The first-order valence-electron chi connectivity index (χ1n) is 7.11. The van der Waals surface area contributed by atoms with Crippen molar-refractivity contribution in [2.45, 2.75) is 26.8 Å². The van der Waals surface area contributed by atoms with Gasteiger partial charge in [-0.1, -0.05) is 5.21 Å². The topological polar surface area (TPSA) is 86.5 Å². The molecule has 22 heavy (non-hydrogen) atoms. The van der Waals surface area contributed by atoms with Crippen LogP contribution in [0.2, 0.25) is 0 Å². The minimum Gasteiger partial charge on any atom is -0.494 e. The fraction of sp³-hybridized carbons (Fsp3) is 0.400. The van der Waals surface area contributed by atoms with Gasteiger partial charge < -0.3 is 14.6 Å². The van der Waals surface area contributed by atoms with Crippen molar-refractivity contribution in [3.05, 3.63) is 35.7 Å². The van der Waals surface area contributed by atoms with Crippen LogP contribution in [0, 0.1) is 6.92 Å². The summed E-state index contributed by atoms with van der Waals surface area (Å²) in [5.74, 6) is 0.522. The molecule has 0 spiro atoms. The van der Waals surface area contributed by atoms with E-state index in [0.29, 0.717) is 31.9 Å². The Hall–Kier alpha value is -2.57. The standard InChI is InChI=1S/C15H19N3O4/c1-3-21-12-5-7-13(8-6-12)22-10-4-9-18-11(2)14(15(19)20)16-17-18/h5-8H,3-4,9-10H2,1-2H3,(H,19,20). The molecule has 0 saturated heterocycles. The van der Waals surface area contributed by atoms with Gasteiger partial charge in [0.1, 0.15) is 11.5 Å². The normalized spacial score (nSPS) is 10.5. The summed E-state index contributed by atoms with van der Waals surface area (Å²) >= 11 is 0. The molecule has 0 unspecified atom stereocenters. The third-order valence-corrected chi connectivity index (χ3v) is 3.10. The minimum atomic E-state index is -1.06. The SMILES string of the molecule is CCOc1ccc(OCCCn2nnc(C(=O)O)c2C)cc1. The van der Waals surface area contributed by atoms with E-state index in [4.69, 9.17) is 14.6 Å². The van der Waals surface area contributed by atoms with Crippen LogP contribution in [0.25, 0.3) is 0 Å². The van der Waals surface area contributed by atoms with Crippen LogP contribution < -0.4 is 9.47 Å². The average Bonchev–Trinajstić information content (AvgIpc) is 2.87. The van der Waals surface area contributed by atoms with E-state index in [2.05, 4.69) is 10.3 Å².